The number of hydrogen-bond donors (Lipinski definition) is 1. The van der Waals surface area contributed by atoms with Crippen LogP contribution in [-0.4, -0.2) is 6.41 Å². The smallest absolute Gasteiger partial charge is 0.211 e. The molecule has 0 spiro atoms. The van der Waals surface area contributed by atoms with Crippen LogP contribution in [0.25, 0.3) is 0 Å². The Kier molecular flexibility index (Phi) is 6.44. The number of unbranched alkanes of at least 4 members (excludes halogenated alkanes) is 2. The van der Waals surface area contributed by atoms with Crippen molar-refractivity contribution in [1.29, 1.82) is 0 Å². The summed E-state index contributed by atoms with van der Waals surface area (Å²) in [6.45, 7) is 6.20. The number of hydrogen-bond acceptors (Lipinski definition) is 1. The minimum absolute atomic E-state index is 0.735. The van der Waals surface area contributed by atoms with E-state index in [2.05, 4.69) is 19.2 Å². The Morgan fingerprint density at radius 1 is 1.33 bits per heavy atom. The predicted molar refractivity (Wildman–Crippen MR) is 51.7 cm³/mol. The Morgan fingerprint density at radius 3 is 2.50 bits per heavy atom. The maximum Gasteiger partial charge on any atom is 0.211 e. The second-order valence-electron chi connectivity index (χ2n) is 3.12. The molecule has 0 heterocycles. The van der Waals surface area contributed by atoms with Crippen LogP contribution < -0.4 is 5.32 Å². The molecule has 0 saturated heterocycles. The summed E-state index contributed by atoms with van der Waals surface area (Å²) >= 11 is 0. The molecule has 1 N–H and O–H groups in total. The van der Waals surface area contributed by atoms with Gasteiger partial charge in [0.2, 0.25) is 6.41 Å². The lowest BCUT2D eigenvalue weighted by Gasteiger charge is -2.05. The second-order valence-corrected chi connectivity index (χ2v) is 3.12. The first-order valence-electron chi connectivity index (χ1n) is 4.59. The third-order valence-electron chi connectivity index (χ3n) is 2.07. The highest BCUT2D eigenvalue weighted by Crippen LogP contribution is 2.10. The number of carbonyl (C=O) groups excluding carboxylic acids is 1. The summed E-state index contributed by atoms with van der Waals surface area (Å²) in [4.78, 5) is 10.1. The van der Waals surface area contributed by atoms with E-state index in [1.54, 1.807) is 0 Å². The standard InChI is InChI=1S/C10H19NO/c1-4-5-6-7-9(2)10(3)11-8-12/h8H,4-7H2,1-3H3,(H,11,12). The average Bonchev–Trinajstić information content (AvgIpc) is 2.05. The van der Waals surface area contributed by atoms with Crippen molar-refractivity contribution in [2.75, 3.05) is 0 Å². The van der Waals surface area contributed by atoms with Gasteiger partial charge in [0.1, 0.15) is 0 Å². The Hall–Kier alpha value is -0.790. The third-order valence-corrected chi connectivity index (χ3v) is 2.07. The van der Waals surface area contributed by atoms with E-state index >= 15 is 0 Å². The molecule has 0 rings (SSSR count). The Bertz CT molecular complexity index is 161. The molecule has 1 amide bonds. The highest BCUT2D eigenvalue weighted by Gasteiger charge is 1.95. The van der Waals surface area contributed by atoms with E-state index in [-0.39, 0.29) is 0 Å². The SMILES string of the molecule is CCCCCC(C)=C(C)NC=O. The summed E-state index contributed by atoms with van der Waals surface area (Å²) in [6.07, 6.45) is 5.57. The summed E-state index contributed by atoms with van der Waals surface area (Å²) in [7, 11) is 0. The van der Waals surface area contributed by atoms with E-state index in [1.807, 2.05) is 6.92 Å². The van der Waals surface area contributed by atoms with Gasteiger partial charge in [-0.15, -0.1) is 0 Å². The second kappa shape index (κ2) is 6.89. The zero-order chi connectivity index (χ0) is 9.40. The van der Waals surface area contributed by atoms with Crippen LogP contribution in [0.2, 0.25) is 0 Å². The molecule has 0 radical (unpaired) electrons. The lowest BCUT2D eigenvalue weighted by molar-refractivity contribution is -0.108. The number of rotatable bonds is 6. The molecule has 12 heavy (non-hydrogen) atoms. The highest BCUT2D eigenvalue weighted by molar-refractivity contribution is 5.50. The normalized spacial score (nSPS) is 12.2. The van der Waals surface area contributed by atoms with E-state index < -0.39 is 0 Å². The minimum atomic E-state index is 0.735. The quantitative estimate of drug-likeness (QED) is 0.480. The monoisotopic (exact) mass is 169 g/mol. The molecule has 0 aromatic heterocycles. The molecule has 0 unspecified atom stereocenters. The molecule has 2 nitrogen and oxygen atoms in total. The Labute approximate surface area is 75.0 Å². The van der Waals surface area contributed by atoms with E-state index in [0.29, 0.717) is 0 Å². The molecule has 0 atom stereocenters. The van der Waals surface area contributed by atoms with Crippen LogP contribution in [-0.2, 0) is 4.79 Å². The third kappa shape index (κ3) is 4.94. The molecule has 0 aliphatic rings. The molecule has 0 aromatic rings. The first kappa shape index (κ1) is 11.2. The van der Waals surface area contributed by atoms with Gasteiger partial charge in [-0.2, -0.15) is 0 Å². The lowest BCUT2D eigenvalue weighted by Crippen LogP contribution is -2.09. The van der Waals surface area contributed by atoms with Gasteiger partial charge < -0.3 is 5.32 Å². The van der Waals surface area contributed by atoms with Gasteiger partial charge in [-0.3, -0.25) is 4.79 Å². The van der Waals surface area contributed by atoms with Gasteiger partial charge in [0.05, 0.1) is 0 Å². The van der Waals surface area contributed by atoms with Crippen molar-refractivity contribution >= 4 is 6.41 Å². The maximum atomic E-state index is 10.1. The molecule has 0 aromatic carbocycles. The van der Waals surface area contributed by atoms with Crippen LogP contribution in [0.5, 0.6) is 0 Å². The minimum Gasteiger partial charge on any atom is -0.333 e. The Balaban J connectivity index is 3.73. The molecular weight excluding hydrogens is 150 g/mol. The van der Waals surface area contributed by atoms with Crippen LogP contribution >= 0.6 is 0 Å². The molecule has 70 valence electrons. The molecule has 0 aliphatic carbocycles. The summed E-state index contributed by atoms with van der Waals surface area (Å²) in [5.41, 5.74) is 2.29. The first-order chi connectivity index (χ1) is 5.72. The van der Waals surface area contributed by atoms with Crippen molar-refractivity contribution in [1.82, 2.24) is 5.32 Å². The van der Waals surface area contributed by atoms with Crippen LogP contribution in [0, 0.1) is 0 Å². The molecule has 0 saturated carbocycles. The average molecular weight is 169 g/mol. The van der Waals surface area contributed by atoms with Gasteiger partial charge in [0, 0.05) is 5.70 Å². The van der Waals surface area contributed by atoms with E-state index in [0.717, 1.165) is 18.5 Å². The van der Waals surface area contributed by atoms with E-state index in [1.165, 1.54) is 24.8 Å². The molecule has 0 aliphatic heterocycles. The van der Waals surface area contributed by atoms with Crippen LogP contribution in [0.3, 0.4) is 0 Å². The fourth-order valence-electron chi connectivity index (χ4n) is 1.04. The predicted octanol–water partition coefficient (Wildman–Crippen LogP) is 2.61. The Morgan fingerprint density at radius 2 is 2.00 bits per heavy atom. The summed E-state index contributed by atoms with van der Waals surface area (Å²) < 4.78 is 0. The van der Waals surface area contributed by atoms with Crippen LogP contribution in [0.4, 0.5) is 0 Å². The lowest BCUT2D eigenvalue weighted by atomic mass is 10.1. The largest absolute Gasteiger partial charge is 0.333 e. The van der Waals surface area contributed by atoms with Crippen molar-refractivity contribution in [3.63, 3.8) is 0 Å². The van der Waals surface area contributed by atoms with Gasteiger partial charge in [-0.25, -0.2) is 0 Å². The number of carbonyl (C=O) groups is 1. The summed E-state index contributed by atoms with van der Waals surface area (Å²) in [6, 6.07) is 0. The highest BCUT2D eigenvalue weighted by atomic mass is 16.1. The van der Waals surface area contributed by atoms with Crippen molar-refractivity contribution in [2.45, 2.75) is 46.5 Å². The zero-order valence-electron chi connectivity index (χ0n) is 8.31. The number of nitrogens with one attached hydrogen (secondary N) is 1. The zero-order valence-corrected chi connectivity index (χ0v) is 8.31. The fourth-order valence-corrected chi connectivity index (χ4v) is 1.04. The van der Waals surface area contributed by atoms with Gasteiger partial charge in [-0.1, -0.05) is 25.3 Å². The van der Waals surface area contributed by atoms with Gasteiger partial charge in [-0.05, 0) is 26.7 Å². The summed E-state index contributed by atoms with van der Waals surface area (Å²) in [5, 5.41) is 2.67. The maximum absolute atomic E-state index is 10.1. The van der Waals surface area contributed by atoms with Gasteiger partial charge in [0.25, 0.3) is 0 Å². The fraction of sp³-hybridized carbons (Fsp3) is 0.700. The van der Waals surface area contributed by atoms with Crippen LogP contribution in [0.1, 0.15) is 46.5 Å². The summed E-state index contributed by atoms with van der Waals surface area (Å²) in [5.74, 6) is 0. The molecule has 2 heteroatoms. The number of amides is 1. The van der Waals surface area contributed by atoms with Crippen molar-refractivity contribution in [2.24, 2.45) is 0 Å². The topological polar surface area (TPSA) is 29.1 Å². The van der Waals surface area contributed by atoms with Gasteiger partial charge >= 0.3 is 0 Å². The van der Waals surface area contributed by atoms with Gasteiger partial charge in [0.15, 0.2) is 0 Å². The van der Waals surface area contributed by atoms with Crippen molar-refractivity contribution in [3.8, 4) is 0 Å². The van der Waals surface area contributed by atoms with Crippen molar-refractivity contribution < 1.29 is 4.79 Å². The molecule has 0 bridgehead atoms. The van der Waals surface area contributed by atoms with Crippen molar-refractivity contribution in [3.05, 3.63) is 11.3 Å². The first-order valence-corrected chi connectivity index (χ1v) is 4.59. The molecular formula is C10H19NO. The molecule has 0 fully saturated rings. The van der Waals surface area contributed by atoms with Crippen LogP contribution in [0.15, 0.2) is 11.3 Å². The van der Waals surface area contributed by atoms with E-state index in [9.17, 15) is 4.79 Å². The number of allylic oxidation sites excluding steroid dienone is 2. The van der Waals surface area contributed by atoms with E-state index in [4.69, 9.17) is 0 Å².